The van der Waals surface area contributed by atoms with Crippen molar-refractivity contribution in [1.29, 1.82) is 0 Å². The Kier molecular flexibility index (Phi) is 5.69. The normalized spacial score (nSPS) is 24.0. The van der Waals surface area contributed by atoms with Crippen molar-refractivity contribution >= 4 is 23.8 Å². The third kappa shape index (κ3) is 4.44. The fourth-order valence-electron chi connectivity index (χ4n) is 4.16. The van der Waals surface area contributed by atoms with Gasteiger partial charge >= 0.3 is 6.03 Å². The molecule has 4 rings (SSSR count). The summed E-state index contributed by atoms with van der Waals surface area (Å²) in [4.78, 5) is 53.1. The van der Waals surface area contributed by atoms with E-state index in [0.29, 0.717) is 32.7 Å². The number of rotatable bonds is 5. The van der Waals surface area contributed by atoms with E-state index in [1.165, 1.54) is 17.0 Å². The summed E-state index contributed by atoms with van der Waals surface area (Å²) in [5.74, 6) is -0.426. The van der Waals surface area contributed by atoms with Crippen molar-refractivity contribution in [2.24, 2.45) is 5.92 Å². The second-order valence-corrected chi connectivity index (χ2v) is 8.05. The van der Waals surface area contributed by atoms with Crippen molar-refractivity contribution in [3.05, 3.63) is 35.6 Å². The second kappa shape index (κ2) is 8.41. The zero-order chi connectivity index (χ0) is 21.3. The Morgan fingerprint density at radius 2 is 1.67 bits per heavy atom. The molecule has 30 heavy (non-hydrogen) atoms. The van der Waals surface area contributed by atoms with E-state index >= 15 is 0 Å². The SMILES string of the molecule is O=C1CCN(CCC(=O)N2CCN(C(=O)C3CC3c3ccc(F)cc3)CC2)C(=O)N1. The summed E-state index contributed by atoms with van der Waals surface area (Å²) in [6.45, 7) is 2.55. The molecule has 8 nitrogen and oxygen atoms in total. The zero-order valence-electron chi connectivity index (χ0n) is 16.7. The van der Waals surface area contributed by atoms with Crippen LogP contribution >= 0.6 is 0 Å². The lowest BCUT2D eigenvalue weighted by molar-refractivity contribution is -0.140. The van der Waals surface area contributed by atoms with Crippen molar-refractivity contribution in [3.8, 4) is 0 Å². The van der Waals surface area contributed by atoms with Crippen LogP contribution in [0.1, 0.15) is 30.7 Å². The first-order valence-corrected chi connectivity index (χ1v) is 10.3. The average Bonchev–Trinajstić information content (AvgIpc) is 3.54. The van der Waals surface area contributed by atoms with Crippen LogP contribution in [-0.2, 0) is 14.4 Å². The van der Waals surface area contributed by atoms with Gasteiger partial charge < -0.3 is 14.7 Å². The lowest BCUT2D eigenvalue weighted by atomic mass is 10.1. The van der Waals surface area contributed by atoms with E-state index in [1.54, 1.807) is 17.0 Å². The van der Waals surface area contributed by atoms with Crippen LogP contribution in [0.15, 0.2) is 24.3 Å². The fourth-order valence-corrected chi connectivity index (χ4v) is 4.16. The third-order valence-electron chi connectivity index (χ3n) is 6.09. The summed E-state index contributed by atoms with van der Waals surface area (Å²) in [6.07, 6.45) is 1.23. The number of hydrogen-bond acceptors (Lipinski definition) is 4. The van der Waals surface area contributed by atoms with Gasteiger partial charge in [-0.05, 0) is 30.0 Å². The van der Waals surface area contributed by atoms with Crippen LogP contribution in [0.25, 0.3) is 0 Å². The molecule has 0 spiro atoms. The van der Waals surface area contributed by atoms with Gasteiger partial charge in [-0.15, -0.1) is 0 Å². The molecule has 2 heterocycles. The number of urea groups is 1. The van der Waals surface area contributed by atoms with Gasteiger partial charge in [0.05, 0.1) is 0 Å². The summed E-state index contributed by atoms with van der Waals surface area (Å²) in [6, 6.07) is 5.87. The highest BCUT2D eigenvalue weighted by Gasteiger charge is 2.46. The molecule has 1 aliphatic carbocycles. The van der Waals surface area contributed by atoms with Crippen LogP contribution in [0, 0.1) is 11.7 Å². The van der Waals surface area contributed by atoms with Crippen LogP contribution < -0.4 is 5.32 Å². The number of carbonyl (C=O) groups is 4. The predicted octanol–water partition coefficient (Wildman–Crippen LogP) is 0.932. The number of amides is 5. The van der Waals surface area contributed by atoms with Gasteiger partial charge in [0, 0.05) is 58.0 Å². The van der Waals surface area contributed by atoms with Crippen LogP contribution in [0.4, 0.5) is 9.18 Å². The maximum absolute atomic E-state index is 13.1. The molecule has 160 valence electrons. The highest BCUT2D eigenvalue weighted by Crippen LogP contribution is 2.48. The summed E-state index contributed by atoms with van der Waals surface area (Å²) in [5, 5.41) is 2.25. The summed E-state index contributed by atoms with van der Waals surface area (Å²) < 4.78 is 13.1. The maximum Gasteiger partial charge on any atom is 0.324 e. The van der Waals surface area contributed by atoms with Crippen LogP contribution in [-0.4, -0.2) is 77.7 Å². The van der Waals surface area contributed by atoms with Gasteiger partial charge in [-0.3, -0.25) is 19.7 Å². The highest BCUT2D eigenvalue weighted by molar-refractivity contribution is 5.96. The molecule has 2 unspecified atom stereocenters. The van der Waals surface area contributed by atoms with Crippen LogP contribution in [0.5, 0.6) is 0 Å². The molecule has 0 radical (unpaired) electrons. The van der Waals surface area contributed by atoms with Gasteiger partial charge in [-0.2, -0.15) is 0 Å². The molecule has 2 saturated heterocycles. The summed E-state index contributed by atoms with van der Waals surface area (Å²) in [7, 11) is 0. The number of halogens is 1. The first kappa shape index (κ1) is 20.3. The Hall–Kier alpha value is -2.97. The van der Waals surface area contributed by atoms with Crippen molar-refractivity contribution in [1.82, 2.24) is 20.0 Å². The number of carbonyl (C=O) groups excluding carboxylic acids is 4. The van der Waals surface area contributed by atoms with E-state index in [1.807, 2.05) is 4.90 Å². The monoisotopic (exact) mass is 416 g/mol. The molecule has 5 amide bonds. The molecule has 2 atom stereocenters. The Morgan fingerprint density at radius 3 is 2.33 bits per heavy atom. The maximum atomic E-state index is 13.1. The lowest BCUT2D eigenvalue weighted by Crippen LogP contribution is -2.52. The first-order valence-electron chi connectivity index (χ1n) is 10.3. The van der Waals surface area contributed by atoms with E-state index in [0.717, 1.165) is 12.0 Å². The summed E-state index contributed by atoms with van der Waals surface area (Å²) >= 11 is 0. The summed E-state index contributed by atoms with van der Waals surface area (Å²) in [5.41, 5.74) is 0.993. The van der Waals surface area contributed by atoms with E-state index in [2.05, 4.69) is 5.32 Å². The van der Waals surface area contributed by atoms with Gasteiger partial charge in [0.1, 0.15) is 5.82 Å². The van der Waals surface area contributed by atoms with Crippen molar-refractivity contribution < 1.29 is 23.6 Å². The second-order valence-electron chi connectivity index (χ2n) is 8.05. The number of hydrogen-bond donors (Lipinski definition) is 1. The van der Waals surface area contributed by atoms with Crippen molar-refractivity contribution in [3.63, 3.8) is 0 Å². The van der Waals surface area contributed by atoms with E-state index in [4.69, 9.17) is 0 Å². The number of benzene rings is 1. The highest BCUT2D eigenvalue weighted by atomic mass is 19.1. The largest absolute Gasteiger partial charge is 0.339 e. The van der Waals surface area contributed by atoms with E-state index in [-0.39, 0.29) is 54.8 Å². The van der Waals surface area contributed by atoms with E-state index in [9.17, 15) is 23.6 Å². The molecule has 3 fully saturated rings. The molecule has 1 saturated carbocycles. The Morgan fingerprint density at radius 1 is 1.00 bits per heavy atom. The van der Waals surface area contributed by atoms with Crippen molar-refractivity contribution in [2.75, 3.05) is 39.3 Å². The molecule has 2 aliphatic heterocycles. The Labute approximate surface area is 174 Å². The quantitative estimate of drug-likeness (QED) is 0.773. The predicted molar refractivity (Wildman–Crippen MR) is 105 cm³/mol. The third-order valence-corrected chi connectivity index (χ3v) is 6.09. The minimum Gasteiger partial charge on any atom is -0.339 e. The smallest absolute Gasteiger partial charge is 0.324 e. The molecule has 1 aromatic rings. The Bertz CT molecular complexity index is 851. The minimum atomic E-state index is -0.449. The van der Waals surface area contributed by atoms with Crippen molar-refractivity contribution in [2.45, 2.75) is 25.2 Å². The standard InChI is InChI=1S/C21H25FN4O4/c22-15-3-1-14(2-4-15)16-13-17(16)20(29)25-11-9-24(10-12-25)19(28)6-8-26-7-5-18(27)23-21(26)30/h1-4,16-17H,5-13H2,(H,23,27,30). The van der Waals surface area contributed by atoms with Gasteiger partial charge in [0.15, 0.2) is 0 Å². The van der Waals surface area contributed by atoms with Gasteiger partial charge in [-0.1, -0.05) is 12.1 Å². The average molecular weight is 416 g/mol. The molecule has 9 heteroatoms. The molecular formula is C21H25FN4O4. The molecule has 1 N–H and O–H groups in total. The van der Waals surface area contributed by atoms with Gasteiger partial charge in [0.2, 0.25) is 17.7 Å². The number of imide groups is 1. The minimum absolute atomic E-state index is 0.0533. The molecule has 0 aromatic heterocycles. The lowest BCUT2D eigenvalue weighted by Gasteiger charge is -2.35. The fraction of sp³-hybridized carbons (Fsp3) is 0.524. The molecule has 1 aromatic carbocycles. The van der Waals surface area contributed by atoms with Gasteiger partial charge in [-0.25, -0.2) is 9.18 Å². The Balaban J connectivity index is 1.20. The first-order chi connectivity index (χ1) is 14.4. The molecule has 3 aliphatic rings. The molecular weight excluding hydrogens is 391 g/mol. The topological polar surface area (TPSA) is 90.0 Å². The number of nitrogens with zero attached hydrogens (tertiary/aromatic N) is 3. The number of piperazine rings is 1. The van der Waals surface area contributed by atoms with Crippen LogP contribution in [0.2, 0.25) is 0 Å². The zero-order valence-corrected chi connectivity index (χ0v) is 16.7. The van der Waals surface area contributed by atoms with E-state index < -0.39 is 6.03 Å². The molecule has 0 bridgehead atoms. The van der Waals surface area contributed by atoms with Crippen LogP contribution in [0.3, 0.4) is 0 Å². The number of nitrogens with one attached hydrogen (secondary N) is 1. The van der Waals surface area contributed by atoms with Gasteiger partial charge in [0.25, 0.3) is 0 Å².